The molecule has 0 bridgehead atoms. The first kappa shape index (κ1) is 14.6. The van der Waals surface area contributed by atoms with Gasteiger partial charge in [-0.05, 0) is 44.1 Å². The number of hydrogen-bond donors (Lipinski definition) is 4. The van der Waals surface area contributed by atoms with Crippen LogP contribution in [-0.4, -0.2) is 48.5 Å². The Balaban J connectivity index is 1.70. The summed E-state index contributed by atoms with van der Waals surface area (Å²) in [5.41, 5.74) is 0.308. The van der Waals surface area contributed by atoms with Crippen LogP contribution in [0, 0.1) is 0 Å². The van der Waals surface area contributed by atoms with Crippen molar-refractivity contribution in [3.8, 4) is 11.5 Å². The summed E-state index contributed by atoms with van der Waals surface area (Å²) < 4.78 is 5.67. The topological polar surface area (TPSA) is 90.8 Å². The molecular formula is C14H20N2O4. The van der Waals surface area contributed by atoms with Gasteiger partial charge in [-0.15, -0.1) is 0 Å². The zero-order chi connectivity index (χ0) is 14.4. The molecule has 0 saturated carbocycles. The lowest BCUT2D eigenvalue weighted by Crippen LogP contribution is -2.34. The highest BCUT2D eigenvalue weighted by atomic mass is 16.5. The number of nitrogens with one attached hydrogen (secondary N) is 2. The Kier molecular flexibility index (Phi) is 5.20. The second kappa shape index (κ2) is 7.12. The summed E-state index contributed by atoms with van der Waals surface area (Å²) in [7, 11) is 0. The van der Waals surface area contributed by atoms with Gasteiger partial charge in [0, 0.05) is 12.1 Å². The van der Waals surface area contributed by atoms with Crippen molar-refractivity contribution in [1.29, 1.82) is 0 Å². The minimum absolute atomic E-state index is 0.240. The van der Waals surface area contributed by atoms with E-state index in [0.29, 0.717) is 18.7 Å². The third-order valence-electron chi connectivity index (χ3n) is 3.26. The van der Waals surface area contributed by atoms with Crippen molar-refractivity contribution in [1.82, 2.24) is 10.6 Å². The van der Waals surface area contributed by atoms with Crippen molar-refractivity contribution in [2.75, 3.05) is 26.2 Å². The van der Waals surface area contributed by atoms with Crippen LogP contribution in [0.1, 0.15) is 23.2 Å². The summed E-state index contributed by atoms with van der Waals surface area (Å²) >= 11 is 0. The molecule has 1 heterocycles. The van der Waals surface area contributed by atoms with Crippen LogP contribution in [0.15, 0.2) is 18.2 Å². The van der Waals surface area contributed by atoms with Gasteiger partial charge in [-0.1, -0.05) is 0 Å². The van der Waals surface area contributed by atoms with E-state index >= 15 is 0 Å². The molecule has 0 spiro atoms. The molecule has 110 valence electrons. The lowest BCUT2D eigenvalue weighted by Gasteiger charge is -2.22. The average Bonchev–Trinajstić information content (AvgIpc) is 2.47. The molecule has 2 rings (SSSR count). The molecule has 1 aromatic rings. The van der Waals surface area contributed by atoms with Gasteiger partial charge in [0.05, 0.1) is 12.7 Å². The molecule has 1 fully saturated rings. The van der Waals surface area contributed by atoms with Gasteiger partial charge < -0.3 is 25.6 Å². The number of carbonyl (C=O) groups is 1. The molecule has 0 aliphatic carbocycles. The van der Waals surface area contributed by atoms with Gasteiger partial charge in [-0.3, -0.25) is 4.79 Å². The highest BCUT2D eigenvalue weighted by molar-refractivity contribution is 5.94. The van der Waals surface area contributed by atoms with Gasteiger partial charge in [0.1, 0.15) is 0 Å². The fourth-order valence-corrected chi connectivity index (χ4v) is 2.12. The smallest absolute Gasteiger partial charge is 0.251 e. The first-order valence-corrected chi connectivity index (χ1v) is 6.79. The third-order valence-corrected chi connectivity index (χ3v) is 3.26. The lowest BCUT2D eigenvalue weighted by atomic mass is 10.1. The molecule has 4 N–H and O–H groups in total. The first-order chi connectivity index (χ1) is 9.66. The van der Waals surface area contributed by atoms with Gasteiger partial charge in [-0.2, -0.15) is 0 Å². The Morgan fingerprint density at radius 1 is 1.30 bits per heavy atom. The monoisotopic (exact) mass is 280 g/mol. The molecule has 6 heteroatoms. The Labute approximate surface area is 117 Å². The van der Waals surface area contributed by atoms with Crippen LogP contribution >= 0.6 is 0 Å². The summed E-state index contributed by atoms with van der Waals surface area (Å²) in [5.74, 6) is -0.839. The van der Waals surface area contributed by atoms with E-state index in [4.69, 9.17) is 4.74 Å². The molecule has 6 nitrogen and oxygen atoms in total. The molecule has 0 atom stereocenters. The van der Waals surface area contributed by atoms with E-state index < -0.39 is 0 Å². The van der Waals surface area contributed by atoms with E-state index in [1.165, 1.54) is 18.2 Å². The summed E-state index contributed by atoms with van der Waals surface area (Å²) in [6.07, 6.45) is 2.27. The standard InChI is InChI=1S/C14H20N2O4/c17-12-2-1-10(9-13(12)18)14(19)16-7-8-20-11-3-5-15-6-4-11/h1-2,9,11,15,17-18H,3-8H2,(H,16,19). The van der Waals surface area contributed by atoms with Gasteiger partial charge in [-0.25, -0.2) is 0 Å². The molecule has 1 aliphatic heterocycles. The van der Waals surface area contributed by atoms with Crippen LogP contribution in [-0.2, 0) is 4.74 Å². The number of phenolic OH excluding ortho intramolecular Hbond substituents is 2. The molecule has 1 aliphatic rings. The Morgan fingerprint density at radius 3 is 2.75 bits per heavy atom. The summed E-state index contributed by atoms with van der Waals surface area (Å²) in [6.45, 7) is 2.85. The van der Waals surface area contributed by atoms with Crippen LogP contribution in [0.25, 0.3) is 0 Å². The Bertz CT molecular complexity index is 458. The SMILES string of the molecule is O=C(NCCOC1CCNCC1)c1ccc(O)c(O)c1. The largest absolute Gasteiger partial charge is 0.504 e. The fourth-order valence-electron chi connectivity index (χ4n) is 2.12. The molecule has 0 radical (unpaired) electrons. The van der Waals surface area contributed by atoms with Crippen molar-refractivity contribution < 1.29 is 19.7 Å². The summed E-state index contributed by atoms with van der Waals surface area (Å²) in [6, 6.07) is 3.98. The fraction of sp³-hybridized carbons (Fsp3) is 0.500. The number of phenols is 2. The minimum Gasteiger partial charge on any atom is -0.504 e. The molecule has 0 aromatic heterocycles. The number of rotatable bonds is 5. The normalized spacial score (nSPS) is 16.0. The summed E-state index contributed by atoms with van der Waals surface area (Å²) in [4.78, 5) is 11.8. The lowest BCUT2D eigenvalue weighted by molar-refractivity contribution is 0.0343. The van der Waals surface area contributed by atoms with Crippen molar-refractivity contribution in [2.24, 2.45) is 0 Å². The minimum atomic E-state index is -0.302. The van der Waals surface area contributed by atoms with E-state index in [1.54, 1.807) is 0 Å². The van der Waals surface area contributed by atoms with Crippen LogP contribution in [0.4, 0.5) is 0 Å². The van der Waals surface area contributed by atoms with Crippen molar-refractivity contribution in [3.63, 3.8) is 0 Å². The number of hydrogen-bond acceptors (Lipinski definition) is 5. The number of piperidine rings is 1. The number of amides is 1. The molecule has 1 aromatic carbocycles. The quantitative estimate of drug-likeness (QED) is 0.468. The maximum Gasteiger partial charge on any atom is 0.251 e. The third kappa shape index (κ3) is 4.11. The maximum atomic E-state index is 11.8. The van der Waals surface area contributed by atoms with Crippen LogP contribution in [0.5, 0.6) is 11.5 Å². The van der Waals surface area contributed by atoms with E-state index in [-0.39, 0.29) is 23.5 Å². The highest BCUT2D eigenvalue weighted by Gasteiger charge is 2.13. The number of aromatic hydroxyl groups is 2. The van der Waals surface area contributed by atoms with Crippen LogP contribution < -0.4 is 10.6 Å². The Hall–Kier alpha value is -1.79. The van der Waals surface area contributed by atoms with Gasteiger partial charge in [0.25, 0.3) is 5.91 Å². The predicted molar refractivity (Wildman–Crippen MR) is 73.9 cm³/mol. The zero-order valence-corrected chi connectivity index (χ0v) is 11.3. The van der Waals surface area contributed by atoms with E-state index in [0.717, 1.165) is 25.9 Å². The molecule has 1 saturated heterocycles. The average molecular weight is 280 g/mol. The zero-order valence-electron chi connectivity index (χ0n) is 11.3. The van der Waals surface area contributed by atoms with Gasteiger partial charge in [0.15, 0.2) is 11.5 Å². The number of carbonyl (C=O) groups excluding carboxylic acids is 1. The van der Waals surface area contributed by atoms with Crippen LogP contribution in [0.3, 0.4) is 0 Å². The van der Waals surface area contributed by atoms with Crippen molar-refractivity contribution >= 4 is 5.91 Å². The predicted octanol–water partition coefficient (Wildman–Crippen LogP) is 0.596. The molecular weight excluding hydrogens is 260 g/mol. The van der Waals surface area contributed by atoms with E-state index in [9.17, 15) is 15.0 Å². The highest BCUT2D eigenvalue weighted by Crippen LogP contribution is 2.24. The maximum absolute atomic E-state index is 11.8. The first-order valence-electron chi connectivity index (χ1n) is 6.79. The molecule has 0 unspecified atom stereocenters. The van der Waals surface area contributed by atoms with Gasteiger partial charge in [0.2, 0.25) is 0 Å². The van der Waals surface area contributed by atoms with Crippen molar-refractivity contribution in [3.05, 3.63) is 23.8 Å². The molecule has 20 heavy (non-hydrogen) atoms. The van der Waals surface area contributed by atoms with Crippen LogP contribution in [0.2, 0.25) is 0 Å². The number of benzene rings is 1. The van der Waals surface area contributed by atoms with E-state index in [1.807, 2.05) is 0 Å². The van der Waals surface area contributed by atoms with Gasteiger partial charge >= 0.3 is 0 Å². The molecule has 1 amide bonds. The second-order valence-electron chi connectivity index (χ2n) is 4.78. The van der Waals surface area contributed by atoms with E-state index in [2.05, 4.69) is 10.6 Å². The second-order valence-corrected chi connectivity index (χ2v) is 4.78. The Morgan fingerprint density at radius 2 is 2.05 bits per heavy atom. The number of ether oxygens (including phenoxy) is 1. The van der Waals surface area contributed by atoms with Crippen molar-refractivity contribution in [2.45, 2.75) is 18.9 Å². The summed E-state index contributed by atoms with van der Waals surface area (Å²) in [5, 5.41) is 24.5.